The molecule has 0 radical (unpaired) electrons. The molecule has 1 aromatic rings. The van der Waals surface area contributed by atoms with Crippen molar-refractivity contribution in [3.63, 3.8) is 0 Å². The van der Waals surface area contributed by atoms with E-state index in [0.717, 1.165) is 11.3 Å². The number of ether oxygens (including phenoxy) is 1. The average molecular weight is 375 g/mol. The molecule has 1 aliphatic rings. The third kappa shape index (κ3) is 5.54. The Bertz CT molecular complexity index is 729. The van der Waals surface area contributed by atoms with Crippen LogP contribution in [-0.4, -0.2) is 42.5 Å². The molecule has 0 aliphatic carbocycles. The maximum absolute atomic E-state index is 12.3. The number of hydrogen-bond acceptors (Lipinski definition) is 5. The Morgan fingerprint density at radius 3 is 2.37 bits per heavy atom. The topological polar surface area (TPSA) is 105 Å². The Kier molecular flexibility index (Phi) is 6.55. The van der Waals surface area contributed by atoms with Crippen LogP contribution in [0.2, 0.25) is 0 Å². The van der Waals surface area contributed by atoms with Crippen LogP contribution >= 0.6 is 0 Å². The lowest BCUT2D eigenvalue weighted by Crippen LogP contribution is -2.47. The van der Waals surface area contributed by atoms with Gasteiger partial charge in [-0.3, -0.25) is 19.7 Å². The molecule has 0 saturated carbocycles. The fraction of sp³-hybridized carbons (Fsp3) is 0.474. The first kappa shape index (κ1) is 20.4. The van der Waals surface area contributed by atoms with E-state index >= 15 is 0 Å². The SMILES string of the molecule is Cc1ccc(N2C[C@H](C(=O)O[C@@H](C)C(=O)NC(=O)NC(C)C)CC2=O)cc1. The van der Waals surface area contributed by atoms with Gasteiger partial charge in [0.2, 0.25) is 5.91 Å². The molecular formula is C19H25N3O5. The third-order valence-corrected chi connectivity index (χ3v) is 4.12. The summed E-state index contributed by atoms with van der Waals surface area (Å²) in [5.74, 6) is -2.18. The number of carbonyl (C=O) groups excluding carboxylic acids is 4. The average Bonchev–Trinajstić information content (AvgIpc) is 2.96. The molecule has 2 rings (SSSR count). The van der Waals surface area contributed by atoms with Gasteiger partial charge in [0.05, 0.1) is 5.92 Å². The first-order chi connectivity index (χ1) is 12.7. The molecule has 1 saturated heterocycles. The van der Waals surface area contributed by atoms with E-state index in [2.05, 4.69) is 10.6 Å². The normalized spacial score (nSPS) is 17.6. The monoisotopic (exact) mass is 375 g/mol. The minimum absolute atomic E-state index is 0.0227. The minimum atomic E-state index is -1.14. The number of esters is 1. The van der Waals surface area contributed by atoms with Crippen LogP contribution in [0.5, 0.6) is 0 Å². The Morgan fingerprint density at radius 1 is 1.15 bits per heavy atom. The maximum atomic E-state index is 12.3. The van der Waals surface area contributed by atoms with Crippen molar-refractivity contribution in [3.05, 3.63) is 29.8 Å². The molecule has 27 heavy (non-hydrogen) atoms. The first-order valence-electron chi connectivity index (χ1n) is 8.86. The van der Waals surface area contributed by atoms with Gasteiger partial charge in [0, 0.05) is 24.7 Å². The van der Waals surface area contributed by atoms with Crippen LogP contribution in [0.1, 0.15) is 32.8 Å². The predicted molar refractivity (Wildman–Crippen MR) is 99.0 cm³/mol. The number of nitrogens with zero attached hydrogens (tertiary/aromatic N) is 1. The highest BCUT2D eigenvalue weighted by Crippen LogP contribution is 2.26. The molecule has 146 valence electrons. The van der Waals surface area contributed by atoms with Gasteiger partial charge >= 0.3 is 12.0 Å². The summed E-state index contributed by atoms with van der Waals surface area (Å²) in [6, 6.07) is 6.65. The van der Waals surface area contributed by atoms with Gasteiger partial charge in [0.25, 0.3) is 5.91 Å². The summed E-state index contributed by atoms with van der Waals surface area (Å²) in [6.07, 6.45) is -1.12. The number of nitrogens with one attached hydrogen (secondary N) is 2. The number of carbonyl (C=O) groups is 4. The van der Waals surface area contributed by atoms with E-state index in [0.29, 0.717) is 0 Å². The van der Waals surface area contributed by atoms with E-state index in [1.807, 2.05) is 31.2 Å². The summed E-state index contributed by atoms with van der Waals surface area (Å²) in [7, 11) is 0. The summed E-state index contributed by atoms with van der Waals surface area (Å²) in [5.41, 5.74) is 1.79. The summed E-state index contributed by atoms with van der Waals surface area (Å²) in [6.45, 7) is 7.03. The standard InChI is InChI=1S/C19H25N3O5/c1-11(2)20-19(26)21-17(24)13(4)27-18(25)14-9-16(23)22(10-14)15-7-5-12(3)6-8-15/h5-8,11,13-14H,9-10H2,1-4H3,(H2,20,21,24,26)/t13-,14+/m0/s1. The fourth-order valence-electron chi connectivity index (χ4n) is 2.68. The molecule has 8 heteroatoms. The quantitative estimate of drug-likeness (QED) is 0.759. The van der Waals surface area contributed by atoms with Crippen LogP contribution in [0.25, 0.3) is 0 Å². The molecular weight excluding hydrogens is 350 g/mol. The molecule has 8 nitrogen and oxygen atoms in total. The Morgan fingerprint density at radius 2 is 1.78 bits per heavy atom. The summed E-state index contributed by atoms with van der Waals surface area (Å²) < 4.78 is 5.14. The van der Waals surface area contributed by atoms with Crippen molar-refractivity contribution in [2.24, 2.45) is 5.92 Å². The van der Waals surface area contributed by atoms with Crippen LogP contribution in [0.4, 0.5) is 10.5 Å². The van der Waals surface area contributed by atoms with Crippen LogP contribution < -0.4 is 15.5 Å². The zero-order chi connectivity index (χ0) is 20.1. The number of anilines is 1. The largest absolute Gasteiger partial charge is 0.452 e. The molecule has 1 aromatic carbocycles. The van der Waals surface area contributed by atoms with Gasteiger partial charge in [0.1, 0.15) is 0 Å². The van der Waals surface area contributed by atoms with Gasteiger partial charge < -0.3 is 15.0 Å². The van der Waals surface area contributed by atoms with Crippen molar-refractivity contribution in [3.8, 4) is 0 Å². The van der Waals surface area contributed by atoms with E-state index in [-0.39, 0.29) is 24.9 Å². The lowest BCUT2D eigenvalue weighted by atomic mass is 10.1. The number of imide groups is 1. The lowest BCUT2D eigenvalue weighted by molar-refractivity contribution is -0.158. The van der Waals surface area contributed by atoms with E-state index in [4.69, 9.17) is 4.74 Å². The second-order valence-corrected chi connectivity index (χ2v) is 6.94. The van der Waals surface area contributed by atoms with Crippen molar-refractivity contribution in [2.75, 3.05) is 11.4 Å². The molecule has 2 N–H and O–H groups in total. The van der Waals surface area contributed by atoms with Gasteiger partial charge in [-0.15, -0.1) is 0 Å². The number of hydrogen-bond donors (Lipinski definition) is 2. The minimum Gasteiger partial charge on any atom is -0.452 e. The predicted octanol–water partition coefficient (Wildman–Crippen LogP) is 1.51. The van der Waals surface area contributed by atoms with Gasteiger partial charge in [-0.05, 0) is 39.8 Å². The highest BCUT2D eigenvalue weighted by molar-refractivity contribution is 6.00. The molecule has 1 fully saturated rings. The molecule has 2 atom stereocenters. The summed E-state index contributed by atoms with van der Waals surface area (Å²) in [4.78, 5) is 49.6. The van der Waals surface area contributed by atoms with E-state index in [1.165, 1.54) is 11.8 Å². The lowest BCUT2D eigenvalue weighted by Gasteiger charge is -2.18. The molecule has 0 bridgehead atoms. The Balaban J connectivity index is 1.90. The molecule has 0 spiro atoms. The maximum Gasteiger partial charge on any atom is 0.321 e. The van der Waals surface area contributed by atoms with Gasteiger partial charge in [-0.25, -0.2) is 4.79 Å². The van der Waals surface area contributed by atoms with Crippen molar-refractivity contribution >= 4 is 29.5 Å². The molecule has 4 amide bonds. The van der Waals surface area contributed by atoms with Gasteiger partial charge in [-0.1, -0.05) is 17.7 Å². The molecule has 0 unspecified atom stereocenters. The Hall–Kier alpha value is -2.90. The second kappa shape index (κ2) is 8.66. The van der Waals surface area contributed by atoms with Gasteiger partial charge in [-0.2, -0.15) is 0 Å². The molecule has 0 aromatic heterocycles. The highest BCUT2D eigenvalue weighted by Gasteiger charge is 2.37. The fourth-order valence-corrected chi connectivity index (χ4v) is 2.68. The van der Waals surface area contributed by atoms with E-state index < -0.39 is 29.9 Å². The second-order valence-electron chi connectivity index (χ2n) is 6.94. The van der Waals surface area contributed by atoms with Gasteiger partial charge in [0.15, 0.2) is 6.10 Å². The Labute approximate surface area is 158 Å². The summed E-state index contributed by atoms with van der Waals surface area (Å²) >= 11 is 0. The smallest absolute Gasteiger partial charge is 0.321 e. The number of urea groups is 1. The van der Waals surface area contributed by atoms with Crippen LogP contribution in [0.3, 0.4) is 0 Å². The third-order valence-electron chi connectivity index (χ3n) is 4.12. The highest BCUT2D eigenvalue weighted by atomic mass is 16.5. The summed E-state index contributed by atoms with van der Waals surface area (Å²) in [5, 5.41) is 4.62. The zero-order valence-corrected chi connectivity index (χ0v) is 15.9. The number of benzene rings is 1. The van der Waals surface area contributed by atoms with Crippen molar-refractivity contribution < 1.29 is 23.9 Å². The van der Waals surface area contributed by atoms with E-state index in [9.17, 15) is 19.2 Å². The van der Waals surface area contributed by atoms with Crippen molar-refractivity contribution in [1.29, 1.82) is 0 Å². The molecule has 1 aliphatic heterocycles. The number of rotatable bonds is 5. The number of amides is 4. The van der Waals surface area contributed by atoms with E-state index in [1.54, 1.807) is 13.8 Å². The van der Waals surface area contributed by atoms with Crippen molar-refractivity contribution in [2.45, 2.75) is 46.3 Å². The van der Waals surface area contributed by atoms with Crippen LogP contribution in [0, 0.1) is 12.8 Å². The first-order valence-corrected chi connectivity index (χ1v) is 8.86. The molecule has 1 heterocycles. The van der Waals surface area contributed by atoms with Crippen LogP contribution in [0.15, 0.2) is 24.3 Å². The zero-order valence-electron chi connectivity index (χ0n) is 15.9. The number of aryl methyl sites for hydroxylation is 1. The van der Waals surface area contributed by atoms with Crippen LogP contribution in [-0.2, 0) is 19.1 Å². The van der Waals surface area contributed by atoms with Crippen molar-refractivity contribution in [1.82, 2.24) is 10.6 Å².